The highest BCUT2D eigenvalue weighted by Gasteiger charge is 2.34. The smallest absolute Gasteiger partial charge is 0.112 e. The first-order valence-electron chi connectivity index (χ1n) is 5.19. The molecular weight excluding hydrogens is 176 g/mol. The molecule has 0 fully saturated rings. The summed E-state index contributed by atoms with van der Waals surface area (Å²) in [6.45, 7) is 6.30. The number of hydrogen-bond acceptors (Lipinski definition) is 2. The molecule has 2 aliphatic rings. The monoisotopic (exact) mass is 194 g/mol. The molecular formula is C12H18O2. The third-order valence-electron chi connectivity index (χ3n) is 2.80. The largest absolute Gasteiger partial charge is 0.495 e. The van der Waals surface area contributed by atoms with Crippen molar-refractivity contribution in [2.24, 2.45) is 0 Å². The van der Waals surface area contributed by atoms with Gasteiger partial charge in [-0.15, -0.1) is 0 Å². The van der Waals surface area contributed by atoms with Crippen LogP contribution in [0.1, 0.15) is 33.6 Å². The number of hydrogen-bond donors (Lipinski definition) is 0. The molecule has 0 saturated carbocycles. The molecule has 2 rings (SSSR count). The zero-order valence-corrected chi connectivity index (χ0v) is 9.12. The molecule has 0 amide bonds. The Morgan fingerprint density at radius 3 is 2.64 bits per heavy atom. The molecule has 2 atom stereocenters. The summed E-state index contributed by atoms with van der Waals surface area (Å²) < 4.78 is 11.4. The van der Waals surface area contributed by atoms with Gasteiger partial charge in [0.25, 0.3) is 0 Å². The van der Waals surface area contributed by atoms with Crippen LogP contribution in [0.5, 0.6) is 0 Å². The van der Waals surface area contributed by atoms with Gasteiger partial charge in [-0.25, -0.2) is 0 Å². The Labute approximate surface area is 85.6 Å². The average Bonchev–Trinajstić information content (AvgIpc) is 2.59. The van der Waals surface area contributed by atoms with Gasteiger partial charge < -0.3 is 9.47 Å². The van der Waals surface area contributed by atoms with Gasteiger partial charge in [0.2, 0.25) is 0 Å². The van der Waals surface area contributed by atoms with Gasteiger partial charge in [-0.1, -0.05) is 12.2 Å². The molecule has 0 aromatic rings. The summed E-state index contributed by atoms with van der Waals surface area (Å²) in [7, 11) is 0. The quantitative estimate of drug-likeness (QED) is 0.629. The van der Waals surface area contributed by atoms with Crippen molar-refractivity contribution >= 4 is 0 Å². The van der Waals surface area contributed by atoms with E-state index in [4.69, 9.17) is 9.47 Å². The van der Waals surface area contributed by atoms with Crippen LogP contribution in [0.3, 0.4) is 0 Å². The van der Waals surface area contributed by atoms with E-state index in [1.165, 1.54) is 0 Å². The summed E-state index contributed by atoms with van der Waals surface area (Å²) in [5, 5.41) is 0. The van der Waals surface area contributed by atoms with E-state index in [1.54, 1.807) is 6.26 Å². The first kappa shape index (κ1) is 9.78. The lowest BCUT2D eigenvalue weighted by molar-refractivity contribution is -0.0443. The summed E-state index contributed by atoms with van der Waals surface area (Å²) in [6, 6.07) is 0. The van der Waals surface area contributed by atoms with E-state index >= 15 is 0 Å². The van der Waals surface area contributed by atoms with E-state index in [0.717, 1.165) is 12.8 Å². The second kappa shape index (κ2) is 3.13. The third-order valence-corrected chi connectivity index (χ3v) is 2.80. The first-order chi connectivity index (χ1) is 6.49. The fraction of sp³-hybridized carbons (Fsp3) is 0.667. The van der Waals surface area contributed by atoms with Crippen LogP contribution in [0.4, 0.5) is 0 Å². The van der Waals surface area contributed by atoms with Crippen LogP contribution in [0.15, 0.2) is 24.5 Å². The van der Waals surface area contributed by atoms with Crippen LogP contribution in [-0.2, 0) is 9.47 Å². The minimum atomic E-state index is -0.104. The van der Waals surface area contributed by atoms with E-state index in [-0.39, 0.29) is 17.3 Å². The van der Waals surface area contributed by atoms with Crippen LogP contribution in [0.25, 0.3) is 0 Å². The molecule has 2 nitrogen and oxygen atoms in total. The van der Waals surface area contributed by atoms with E-state index < -0.39 is 0 Å². The third kappa shape index (κ3) is 2.01. The number of rotatable bonds is 2. The summed E-state index contributed by atoms with van der Waals surface area (Å²) in [4.78, 5) is 0. The molecule has 0 radical (unpaired) electrons. The topological polar surface area (TPSA) is 18.5 Å². The average molecular weight is 194 g/mol. The Hall–Kier alpha value is -0.760. The Balaban J connectivity index is 1.91. The highest BCUT2D eigenvalue weighted by atomic mass is 16.5. The van der Waals surface area contributed by atoms with Gasteiger partial charge in [0, 0.05) is 12.8 Å². The van der Waals surface area contributed by atoms with E-state index in [1.807, 2.05) is 0 Å². The second-order valence-corrected chi connectivity index (χ2v) is 4.97. The van der Waals surface area contributed by atoms with Crippen molar-refractivity contribution < 1.29 is 9.47 Å². The zero-order chi connectivity index (χ0) is 10.2. The van der Waals surface area contributed by atoms with Crippen molar-refractivity contribution in [2.45, 2.75) is 50.9 Å². The van der Waals surface area contributed by atoms with Crippen LogP contribution >= 0.6 is 0 Å². The standard InChI is InChI=1S/C12H18O2/c1-11(2)7-5-10(14-11)9-12(3)6-4-8-13-12/h4-5,7-8,10H,6,9H2,1-3H3. The SMILES string of the molecule is CC1(C)C=CC(CC2(C)CC=CO2)O1. The predicted octanol–water partition coefficient (Wildman–Crippen LogP) is 2.80. The molecule has 78 valence electrons. The summed E-state index contributed by atoms with van der Waals surface area (Å²) in [5.41, 5.74) is -0.164. The first-order valence-corrected chi connectivity index (χ1v) is 5.19. The summed E-state index contributed by atoms with van der Waals surface area (Å²) in [6.07, 6.45) is 10.3. The van der Waals surface area contributed by atoms with Crippen molar-refractivity contribution in [3.63, 3.8) is 0 Å². The molecule has 0 saturated heterocycles. The van der Waals surface area contributed by atoms with Crippen molar-refractivity contribution in [1.29, 1.82) is 0 Å². The van der Waals surface area contributed by atoms with E-state index in [9.17, 15) is 0 Å². The maximum atomic E-state index is 5.86. The fourth-order valence-corrected chi connectivity index (χ4v) is 2.03. The highest BCUT2D eigenvalue weighted by Crippen LogP contribution is 2.33. The second-order valence-electron chi connectivity index (χ2n) is 4.97. The normalized spacial score (nSPS) is 38.9. The van der Waals surface area contributed by atoms with Crippen LogP contribution in [0.2, 0.25) is 0 Å². The molecule has 0 N–H and O–H groups in total. The van der Waals surface area contributed by atoms with Crippen LogP contribution in [0, 0.1) is 0 Å². The summed E-state index contributed by atoms with van der Waals surface area (Å²) >= 11 is 0. The zero-order valence-electron chi connectivity index (χ0n) is 9.12. The van der Waals surface area contributed by atoms with Crippen LogP contribution < -0.4 is 0 Å². The molecule has 0 aliphatic carbocycles. The Morgan fingerprint density at radius 1 is 1.36 bits per heavy atom. The number of ether oxygens (including phenoxy) is 2. The van der Waals surface area contributed by atoms with Gasteiger partial charge in [0.05, 0.1) is 18.0 Å². The van der Waals surface area contributed by atoms with Crippen molar-refractivity contribution in [3.8, 4) is 0 Å². The molecule has 0 bridgehead atoms. The maximum Gasteiger partial charge on any atom is 0.112 e. The van der Waals surface area contributed by atoms with Crippen LogP contribution in [-0.4, -0.2) is 17.3 Å². The Morgan fingerprint density at radius 2 is 2.14 bits per heavy atom. The van der Waals surface area contributed by atoms with E-state index in [0.29, 0.717) is 0 Å². The molecule has 0 aromatic carbocycles. The lowest BCUT2D eigenvalue weighted by Crippen LogP contribution is -2.31. The van der Waals surface area contributed by atoms with Gasteiger partial charge >= 0.3 is 0 Å². The lowest BCUT2D eigenvalue weighted by atomic mass is 9.96. The maximum absolute atomic E-state index is 5.86. The molecule has 0 aromatic heterocycles. The molecule has 0 spiro atoms. The molecule has 2 heterocycles. The molecule has 2 heteroatoms. The van der Waals surface area contributed by atoms with Crippen molar-refractivity contribution in [2.75, 3.05) is 0 Å². The van der Waals surface area contributed by atoms with Gasteiger partial charge in [-0.05, 0) is 26.8 Å². The van der Waals surface area contributed by atoms with Gasteiger partial charge in [-0.3, -0.25) is 0 Å². The molecule has 2 unspecified atom stereocenters. The highest BCUT2D eigenvalue weighted by molar-refractivity contribution is 5.10. The predicted molar refractivity (Wildman–Crippen MR) is 56.0 cm³/mol. The Kier molecular flexibility index (Phi) is 2.18. The summed E-state index contributed by atoms with van der Waals surface area (Å²) in [5.74, 6) is 0. The lowest BCUT2D eigenvalue weighted by Gasteiger charge is -2.28. The molecule has 14 heavy (non-hydrogen) atoms. The minimum absolute atomic E-state index is 0.0601. The van der Waals surface area contributed by atoms with Gasteiger partial charge in [-0.2, -0.15) is 0 Å². The van der Waals surface area contributed by atoms with E-state index in [2.05, 4.69) is 39.0 Å². The van der Waals surface area contributed by atoms with Crippen molar-refractivity contribution in [1.82, 2.24) is 0 Å². The Bertz CT molecular complexity index is 268. The molecule has 2 aliphatic heterocycles. The van der Waals surface area contributed by atoms with Crippen molar-refractivity contribution in [3.05, 3.63) is 24.5 Å². The van der Waals surface area contributed by atoms with Gasteiger partial charge in [0.15, 0.2) is 0 Å². The minimum Gasteiger partial charge on any atom is -0.495 e. The van der Waals surface area contributed by atoms with Gasteiger partial charge in [0.1, 0.15) is 5.60 Å². The fourth-order valence-electron chi connectivity index (χ4n) is 2.03.